The van der Waals surface area contributed by atoms with E-state index in [1.54, 1.807) is 17.4 Å². The van der Waals surface area contributed by atoms with Crippen molar-refractivity contribution < 1.29 is 27.0 Å². The maximum Gasteiger partial charge on any atom is 0.420 e. The largest absolute Gasteiger partial charge is 0.459 e. The Balaban J connectivity index is 1.23. The number of benzene rings is 2. The monoisotopic (exact) mass is 516 g/mol. The van der Waals surface area contributed by atoms with Crippen LogP contribution in [0.2, 0.25) is 0 Å². The van der Waals surface area contributed by atoms with Crippen LogP contribution >= 0.6 is 0 Å². The molecule has 0 aliphatic carbocycles. The molecule has 0 saturated carbocycles. The van der Waals surface area contributed by atoms with Gasteiger partial charge in [0.25, 0.3) is 0 Å². The lowest BCUT2D eigenvalue weighted by atomic mass is 9.95. The zero-order chi connectivity index (χ0) is 26.2. The van der Waals surface area contributed by atoms with Crippen molar-refractivity contribution in [1.29, 1.82) is 5.26 Å². The fourth-order valence-corrected chi connectivity index (χ4v) is 5.50. The number of halogens is 4. The number of nitriles is 1. The maximum atomic E-state index is 14.9. The summed E-state index contributed by atoms with van der Waals surface area (Å²) in [4.78, 5) is 6.15. The Morgan fingerprint density at radius 2 is 1.54 bits per heavy atom. The molecule has 0 N–H and O–H groups in total. The highest BCUT2D eigenvalue weighted by Crippen LogP contribution is 2.38. The van der Waals surface area contributed by atoms with Gasteiger partial charge in [-0.05, 0) is 56.2 Å². The second-order valence-corrected chi connectivity index (χ2v) is 9.67. The van der Waals surface area contributed by atoms with Gasteiger partial charge < -0.3 is 24.2 Å². The molecule has 2 aromatic carbocycles. The molecule has 1 atom stereocenters. The Morgan fingerprint density at radius 1 is 0.892 bits per heavy atom. The van der Waals surface area contributed by atoms with Crippen LogP contribution in [0.25, 0.3) is 0 Å². The van der Waals surface area contributed by atoms with Gasteiger partial charge >= 0.3 is 6.18 Å². The summed E-state index contributed by atoms with van der Waals surface area (Å²) in [5, 5.41) is 9.02. The fourth-order valence-electron chi connectivity index (χ4n) is 5.50. The lowest BCUT2D eigenvalue weighted by Gasteiger charge is -2.42. The molecule has 0 radical (unpaired) electrons. The average molecular weight is 517 g/mol. The normalized spacial score (nSPS) is 21.1. The van der Waals surface area contributed by atoms with E-state index in [4.69, 9.17) is 14.7 Å². The first-order chi connectivity index (χ1) is 17.8. The van der Waals surface area contributed by atoms with Crippen LogP contribution in [-0.2, 0) is 15.7 Å². The van der Waals surface area contributed by atoms with Gasteiger partial charge in [0, 0.05) is 56.1 Å². The fraction of sp³-hybridized carbons (Fsp3) is 0.444. The lowest BCUT2D eigenvalue weighted by molar-refractivity contribution is -0.140. The van der Waals surface area contributed by atoms with E-state index >= 15 is 0 Å². The van der Waals surface area contributed by atoms with E-state index in [-0.39, 0.29) is 18.0 Å². The van der Waals surface area contributed by atoms with Crippen LogP contribution in [0.4, 0.5) is 34.6 Å². The summed E-state index contributed by atoms with van der Waals surface area (Å²) in [5.41, 5.74) is -0.176. The van der Waals surface area contributed by atoms with Crippen molar-refractivity contribution in [1.82, 2.24) is 0 Å². The van der Waals surface area contributed by atoms with Gasteiger partial charge in [0.2, 0.25) is 6.29 Å². The summed E-state index contributed by atoms with van der Waals surface area (Å²) < 4.78 is 66.2. The topological polar surface area (TPSA) is 52.0 Å². The molecular weight excluding hydrogens is 488 g/mol. The SMILES string of the molecule is C[C@H]1CN(c2ccc(C#N)c(C(F)(F)F)c2F)CCN1c1ccc(N2CCC(C3OC=CO3)CC2)cc1. The van der Waals surface area contributed by atoms with Crippen molar-refractivity contribution in [3.05, 3.63) is 65.9 Å². The number of alkyl halides is 3. The van der Waals surface area contributed by atoms with Crippen LogP contribution in [0.5, 0.6) is 0 Å². The zero-order valence-electron chi connectivity index (χ0n) is 20.4. The van der Waals surface area contributed by atoms with Crippen molar-refractivity contribution in [3.8, 4) is 6.07 Å². The Morgan fingerprint density at radius 3 is 2.14 bits per heavy atom. The number of piperidine rings is 1. The number of hydrogen-bond donors (Lipinski definition) is 0. The molecule has 5 rings (SSSR count). The van der Waals surface area contributed by atoms with Gasteiger partial charge in [-0.2, -0.15) is 18.4 Å². The number of nitrogens with zero attached hydrogens (tertiary/aromatic N) is 4. The summed E-state index contributed by atoms with van der Waals surface area (Å²) in [6.45, 7) is 5.05. The molecule has 3 heterocycles. The van der Waals surface area contributed by atoms with Crippen molar-refractivity contribution >= 4 is 17.1 Å². The van der Waals surface area contributed by atoms with Crippen LogP contribution in [-0.4, -0.2) is 45.1 Å². The molecule has 0 bridgehead atoms. The van der Waals surface area contributed by atoms with E-state index in [9.17, 15) is 17.6 Å². The highest BCUT2D eigenvalue weighted by Gasteiger charge is 2.39. The minimum atomic E-state index is -4.94. The van der Waals surface area contributed by atoms with E-state index < -0.39 is 23.1 Å². The Bertz CT molecular complexity index is 1180. The van der Waals surface area contributed by atoms with Gasteiger partial charge in [-0.15, -0.1) is 0 Å². The molecular formula is C27H28F4N4O2. The van der Waals surface area contributed by atoms with E-state index in [2.05, 4.69) is 34.1 Å². The van der Waals surface area contributed by atoms with Crippen LogP contribution in [0.15, 0.2) is 48.9 Å². The van der Waals surface area contributed by atoms with Gasteiger partial charge in [-0.3, -0.25) is 0 Å². The summed E-state index contributed by atoms with van der Waals surface area (Å²) in [6.07, 6.45) is 0.0335. The molecule has 0 amide bonds. The van der Waals surface area contributed by atoms with Crippen molar-refractivity contribution in [3.63, 3.8) is 0 Å². The van der Waals surface area contributed by atoms with E-state index in [1.165, 1.54) is 12.1 Å². The maximum absolute atomic E-state index is 14.9. The first-order valence-electron chi connectivity index (χ1n) is 12.4. The van der Waals surface area contributed by atoms with E-state index in [0.29, 0.717) is 25.6 Å². The summed E-state index contributed by atoms with van der Waals surface area (Å²) >= 11 is 0. The van der Waals surface area contributed by atoms with Crippen molar-refractivity contribution in [2.75, 3.05) is 47.4 Å². The van der Waals surface area contributed by atoms with Crippen molar-refractivity contribution in [2.24, 2.45) is 5.92 Å². The molecule has 196 valence electrons. The van der Waals surface area contributed by atoms with E-state index in [0.717, 1.165) is 43.4 Å². The predicted octanol–water partition coefficient (Wildman–Crippen LogP) is 5.49. The molecule has 2 fully saturated rings. The quantitative estimate of drug-likeness (QED) is 0.501. The first kappa shape index (κ1) is 25.1. The third-order valence-electron chi connectivity index (χ3n) is 7.45. The molecule has 3 aliphatic heterocycles. The van der Waals surface area contributed by atoms with Crippen LogP contribution < -0.4 is 14.7 Å². The number of hydrogen-bond acceptors (Lipinski definition) is 6. The molecule has 37 heavy (non-hydrogen) atoms. The molecule has 2 saturated heterocycles. The van der Waals surface area contributed by atoms with Gasteiger partial charge in [-0.25, -0.2) is 4.39 Å². The third kappa shape index (κ3) is 4.99. The molecule has 0 spiro atoms. The highest BCUT2D eigenvalue weighted by atomic mass is 19.4. The summed E-state index contributed by atoms with van der Waals surface area (Å²) in [5.74, 6) is -1.02. The highest BCUT2D eigenvalue weighted by molar-refractivity contribution is 5.60. The summed E-state index contributed by atoms with van der Waals surface area (Å²) in [7, 11) is 0. The van der Waals surface area contributed by atoms with Gasteiger partial charge in [0.05, 0.1) is 17.3 Å². The van der Waals surface area contributed by atoms with Crippen LogP contribution in [0, 0.1) is 23.1 Å². The lowest BCUT2D eigenvalue weighted by Crippen LogP contribution is -2.52. The first-order valence-corrected chi connectivity index (χ1v) is 12.4. The zero-order valence-corrected chi connectivity index (χ0v) is 20.4. The molecule has 3 aliphatic rings. The standard InChI is InChI=1S/C27H28F4N4O2/c1-18-17-34(23-7-2-20(16-32)24(25(23)28)27(29,30)31)12-13-35(18)22-5-3-21(4-6-22)33-10-8-19(9-11-33)26-36-14-15-37-26/h2-7,14-15,18-19,26H,8-13,17H2,1H3/t18-/m0/s1. The average Bonchev–Trinajstić information content (AvgIpc) is 3.43. The molecule has 0 unspecified atom stereocenters. The van der Waals surface area contributed by atoms with E-state index in [1.807, 2.05) is 6.92 Å². The minimum absolute atomic E-state index is 0.0558. The number of anilines is 3. The number of rotatable bonds is 4. The Labute approximate surface area is 213 Å². The van der Waals surface area contributed by atoms with Gasteiger partial charge in [0.1, 0.15) is 18.1 Å². The predicted molar refractivity (Wildman–Crippen MR) is 132 cm³/mol. The Kier molecular flexibility index (Phi) is 6.80. The summed E-state index contributed by atoms with van der Waals surface area (Å²) in [6, 6.07) is 12.0. The smallest absolute Gasteiger partial charge is 0.420 e. The van der Waals surface area contributed by atoms with Gasteiger partial charge in [0.15, 0.2) is 5.82 Å². The Hall–Kier alpha value is -3.61. The number of ether oxygens (including phenoxy) is 2. The molecule has 10 heteroatoms. The molecule has 0 aromatic heterocycles. The van der Waals surface area contributed by atoms with Crippen molar-refractivity contribution in [2.45, 2.75) is 38.3 Å². The minimum Gasteiger partial charge on any atom is -0.459 e. The van der Waals surface area contributed by atoms with Crippen LogP contribution in [0.1, 0.15) is 30.9 Å². The van der Waals surface area contributed by atoms with Gasteiger partial charge in [-0.1, -0.05) is 0 Å². The second-order valence-electron chi connectivity index (χ2n) is 9.67. The second kappa shape index (κ2) is 10.0. The number of piperazine rings is 1. The van der Waals surface area contributed by atoms with Crippen LogP contribution in [0.3, 0.4) is 0 Å². The molecule has 6 nitrogen and oxygen atoms in total. The third-order valence-corrected chi connectivity index (χ3v) is 7.45. The molecule has 2 aromatic rings.